The summed E-state index contributed by atoms with van der Waals surface area (Å²) in [4.78, 5) is 3.76. The van der Waals surface area contributed by atoms with E-state index in [0.717, 1.165) is 6.42 Å². The van der Waals surface area contributed by atoms with Crippen LogP contribution in [0.3, 0.4) is 0 Å². The molecule has 0 rings (SSSR count). The quantitative estimate of drug-likeness (QED) is 0.442. The van der Waals surface area contributed by atoms with Crippen LogP contribution in [-0.4, -0.2) is 6.72 Å². The predicted molar refractivity (Wildman–Crippen MR) is 65.7 cm³/mol. The highest BCUT2D eigenvalue weighted by Crippen LogP contribution is 2.25. The molecule has 0 saturated heterocycles. The molecule has 0 aromatic carbocycles. The van der Waals surface area contributed by atoms with E-state index in [1.54, 1.807) is 6.20 Å². The molecule has 0 radical (unpaired) electrons. The molecule has 0 aliphatic heterocycles. The van der Waals surface area contributed by atoms with Crippen LogP contribution in [0, 0.1) is 11.8 Å². The second kappa shape index (κ2) is 7.54. The number of nitrogens with zero attached hydrogens (tertiary/aromatic N) is 1. The molecule has 0 heterocycles. The van der Waals surface area contributed by atoms with Crippen molar-refractivity contribution in [2.45, 2.75) is 40.5 Å². The van der Waals surface area contributed by atoms with Gasteiger partial charge >= 0.3 is 0 Å². The fourth-order valence-corrected chi connectivity index (χ4v) is 1.81. The molecule has 0 aromatic heterocycles. The van der Waals surface area contributed by atoms with Crippen LogP contribution >= 0.6 is 0 Å². The van der Waals surface area contributed by atoms with Crippen LogP contribution in [0.2, 0.25) is 0 Å². The molecule has 0 aliphatic rings. The van der Waals surface area contributed by atoms with Crippen molar-refractivity contribution in [2.24, 2.45) is 16.8 Å². The first-order valence-electron chi connectivity index (χ1n) is 5.49. The Kier molecular flexibility index (Phi) is 7.09. The molecule has 1 nitrogen and oxygen atoms in total. The van der Waals surface area contributed by atoms with E-state index in [4.69, 9.17) is 0 Å². The summed E-state index contributed by atoms with van der Waals surface area (Å²) in [6.07, 6.45) is 8.43. The molecule has 0 bridgehead atoms. The minimum Gasteiger partial charge on any atom is -0.273 e. The van der Waals surface area contributed by atoms with E-state index >= 15 is 0 Å². The van der Waals surface area contributed by atoms with Gasteiger partial charge < -0.3 is 0 Å². The molecule has 14 heavy (non-hydrogen) atoms. The normalized spacial score (nSPS) is 15.1. The van der Waals surface area contributed by atoms with E-state index in [9.17, 15) is 0 Å². The lowest BCUT2D eigenvalue weighted by Crippen LogP contribution is -2.09. The molecule has 0 fully saturated rings. The van der Waals surface area contributed by atoms with E-state index in [0.29, 0.717) is 11.8 Å². The Balaban J connectivity index is 4.69. The fourth-order valence-electron chi connectivity index (χ4n) is 1.81. The number of hydrogen-bond acceptors (Lipinski definition) is 1. The van der Waals surface area contributed by atoms with Gasteiger partial charge in [-0.25, -0.2) is 0 Å². The Labute approximate surface area is 88.6 Å². The maximum absolute atomic E-state index is 3.76. The molecule has 0 aromatic rings. The van der Waals surface area contributed by atoms with Crippen LogP contribution in [0.15, 0.2) is 28.9 Å². The zero-order chi connectivity index (χ0) is 11.0. The Morgan fingerprint density at radius 1 is 1.36 bits per heavy atom. The summed E-state index contributed by atoms with van der Waals surface area (Å²) in [5.74, 6) is 1.33. The molecule has 1 unspecified atom stereocenters. The van der Waals surface area contributed by atoms with Crippen LogP contribution in [-0.2, 0) is 0 Å². The number of rotatable bonds is 6. The maximum atomic E-state index is 3.76. The zero-order valence-corrected chi connectivity index (χ0v) is 9.96. The molecule has 1 atom stereocenters. The van der Waals surface area contributed by atoms with Crippen molar-refractivity contribution in [3.05, 3.63) is 23.9 Å². The van der Waals surface area contributed by atoms with Gasteiger partial charge in [-0.1, -0.05) is 33.8 Å². The summed E-state index contributed by atoms with van der Waals surface area (Å²) in [5.41, 5.74) is 1.40. The maximum Gasteiger partial charge on any atom is 0.0263 e. The Morgan fingerprint density at radius 3 is 2.36 bits per heavy atom. The summed E-state index contributed by atoms with van der Waals surface area (Å²) in [6, 6.07) is 0. The lowest BCUT2D eigenvalue weighted by Gasteiger charge is -2.20. The van der Waals surface area contributed by atoms with Gasteiger partial charge in [-0.15, -0.1) is 0 Å². The second-order valence-corrected chi connectivity index (χ2v) is 3.87. The average Bonchev–Trinajstić information content (AvgIpc) is 2.14. The lowest BCUT2D eigenvalue weighted by atomic mass is 9.85. The number of aliphatic imine (C=N–C) groups is 1. The van der Waals surface area contributed by atoms with Crippen molar-refractivity contribution in [1.29, 1.82) is 0 Å². The fraction of sp³-hybridized carbons (Fsp3) is 0.615. The minimum atomic E-state index is 0.646. The third-order valence-electron chi connectivity index (χ3n) is 2.48. The highest BCUT2D eigenvalue weighted by atomic mass is 14.6. The largest absolute Gasteiger partial charge is 0.273 e. The molecule has 0 spiro atoms. The highest BCUT2D eigenvalue weighted by Gasteiger charge is 2.13. The van der Waals surface area contributed by atoms with Gasteiger partial charge in [0.15, 0.2) is 0 Å². The van der Waals surface area contributed by atoms with Gasteiger partial charge in [0.1, 0.15) is 0 Å². The van der Waals surface area contributed by atoms with E-state index in [2.05, 4.69) is 51.6 Å². The minimum absolute atomic E-state index is 0.646. The van der Waals surface area contributed by atoms with Crippen LogP contribution in [0.5, 0.6) is 0 Å². The SMILES string of the molecule is C=N/C=C\C(=C\CC)C(CC)C(C)C. The lowest BCUT2D eigenvalue weighted by molar-refractivity contribution is 0.436. The van der Waals surface area contributed by atoms with Crippen molar-refractivity contribution >= 4 is 6.72 Å². The van der Waals surface area contributed by atoms with Gasteiger partial charge in [-0.3, -0.25) is 4.99 Å². The first-order chi connectivity index (χ1) is 6.67. The first-order valence-corrected chi connectivity index (χ1v) is 5.49. The standard InChI is InChI=1S/C13H23N/c1-6-8-12(9-10-14-5)13(7-2)11(3)4/h8-11,13H,5-7H2,1-4H3/b10-9-,12-8-. The van der Waals surface area contributed by atoms with Gasteiger partial charge in [0.05, 0.1) is 0 Å². The van der Waals surface area contributed by atoms with Gasteiger partial charge in [0.2, 0.25) is 0 Å². The van der Waals surface area contributed by atoms with Crippen LogP contribution in [0.4, 0.5) is 0 Å². The van der Waals surface area contributed by atoms with E-state index in [1.807, 2.05) is 0 Å². The molecular formula is C13H23N. The van der Waals surface area contributed by atoms with Crippen molar-refractivity contribution in [2.75, 3.05) is 0 Å². The molecule has 0 N–H and O–H groups in total. The first kappa shape index (κ1) is 13.2. The summed E-state index contributed by atoms with van der Waals surface area (Å²) >= 11 is 0. The molecule has 0 amide bonds. The molecule has 0 aliphatic carbocycles. The number of allylic oxidation sites excluding steroid dienone is 3. The van der Waals surface area contributed by atoms with Crippen molar-refractivity contribution in [3.8, 4) is 0 Å². The summed E-state index contributed by atoms with van der Waals surface area (Å²) in [7, 11) is 0. The average molecular weight is 193 g/mol. The monoisotopic (exact) mass is 193 g/mol. The third kappa shape index (κ3) is 4.40. The van der Waals surface area contributed by atoms with Gasteiger partial charge in [-0.05, 0) is 43.0 Å². The Hall–Kier alpha value is -0.850. The van der Waals surface area contributed by atoms with E-state index in [-0.39, 0.29) is 0 Å². The molecule has 1 heteroatoms. The summed E-state index contributed by atoms with van der Waals surface area (Å²) in [6.45, 7) is 12.4. The predicted octanol–water partition coefficient (Wildman–Crippen LogP) is 4.22. The summed E-state index contributed by atoms with van der Waals surface area (Å²) < 4.78 is 0. The smallest absolute Gasteiger partial charge is 0.0263 e. The Bertz CT molecular complexity index is 211. The van der Waals surface area contributed by atoms with E-state index in [1.165, 1.54) is 12.0 Å². The van der Waals surface area contributed by atoms with Gasteiger partial charge in [0.25, 0.3) is 0 Å². The van der Waals surface area contributed by atoms with Crippen LogP contribution < -0.4 is 0 Å². The van der Waals surface area contributed by atoms with Gasteiger partial charge in [-0.2, -0.15) is 0 Å². The van der Waals surface area contributed by atoms with Crippen LogP contribution in [0.25, 0.3) is 0 Å². The second-order valence-electron chi connectivity index (χ2n) is 3.87. The van der Waals surface area contributed by atoms with E-state index < -0.39 is 0 Å². The Morgan fingerprint density at radius 2 is 2.00 bits per heavy atom. The summed E-state index contributed by atoms with van der Waals surface area (Å²) in [5, 5.41) is 0. The van der Waals surface area contributed by atoms with Crippen LogP contribution in [0.1, 0.15) is 40.5 Å². The van der Waals surface area contributed by atoms with Crippen molar-refractivity contribution in [1.82, 2.24) is 0 Å². The molecule has 80 valence electrons. The topological polar surface area (TPSA) is 12.4 Å². The molecule has 0 saturated carbocycles. The van der Waals surface area contributed by atoms with Crippen molar-refractivity contribution in [3.63, 3.8) is 0 Å². The van der Waals surface area contributed by atoms with Gasteiger partial charge in [0, 0.05) is 6.20 Å². The third-order valence-corrected chi connectivity index (χ3v) is 2.48. The number of hydrogen-bond donors (Lipinski definition) is 0. The molecular weight excluding hydrogens is 170 g/mol. The highest BCUT2D eigenvalue weighted by molar-refractivity contribution is 5.28. The van der Waals surface area contributed by atoms with Crippen molar-refractivity contribution < 1.29 is 0 Å². The zero-order valence-electron chi connectivity index (χ0n) is 9.96.